The van der Waals surface area contributed by atoms with Crippen molar-refractivity contribution in [2.75, 3.05) is 30.8 Å². The van der Waals surface area contributed by atoms with Crippen LogP contribution in [0.3, 0.4) is 0 Å². The van der Waals surface area contributed by atoms with Crippen molar-refractivity contribution >= 4 is 27.0 Å². The first kappa shape index (κ1) is 26.5. The quantitative estimate of drug-likeness (QED) is 0.475. The Kier molecular flexibility index (Phi) is 6.49. The highest BCUT2D eigenvalue weighted by Crippen LogP contribution is 2.41. The second kappa shape index (κ2) is 9.29. The summed E-state index contributed by atoms with van der Waals surface area (Å²) in [5, 5.41) is 13.9. The minimum Gasteiger partial charge on any atom is -0.503 e. The number of aromatic hydroxyl groups is 1. The van der Waals surface area contributed by atoms with Crippen molar-refractivity contribution in [3.8, 4) is 17.0 Å². The summed E-state index contributed by atoms with van der Waals surface area (Å²) in [4.78, 5) is 10.8. The second-order valence-corrected chi connectivity index (χ2v) is 11.8. The molecule has 38 heavy (non-hydrogen) atoms. The number of rotatable bonds is 5. The number of fused-ring (bicyclic) bond motifs is 1. The lowest BCUT2D eigenvalue weighted by Gasteiger charge is -2.43. The number of hydrogen-bond acceptors (Lipinski definition) is 7. The van der Waals surface area contributed by atoms with Crippen LogP contribution in [0.2, 0.25) is 0 Å². The van der Waals surface area contributed by atoms with Crippen LogP contribution in [0.15, 0.2) is 12.3 Å². The number of sulfonamides is 1. The standard InChI is InChI=1S/C23H25F5N6O3S/c1-32-21-15(19(31-32)14-9-16(23(26,27)28)18(25)20(35)17(14)24)10-29-22(30-21)34-7-6-33(38(2,36)37)11-13(34)8-12-4-3-5-12/h9-10,12-13,35H,3-8,11H2,1-2H3. The van der Waals surface area contributed by atoms with Gasteiger partial charge in [0.05, 0.1) is 17.2 Å². The smallest absolute Gasteiger partial charge is 0.419 e. The molecule has 1 N–H and O–H groups in total. The molecule has 3 heterocycles. The van der Waals surface area contributed by atoms with Crippen LogP contribution in [0.1, 0.15) is 31.2 Å². The number of phenolic OH excluding ortho intramolecular Hbond substituents is 1. The van der Waals surface area contributed by atoms with Crippen molar-refractivity contribution in [2.24, 2.45) is 13.0 Å². The van der Waals surface area contributed by atoms with Gasteiger partial charge < -0.3 is 10.0 Å². The molecule has 2 aliphatic rings. The van der Waals surface area contributed by atoms with E-state index in [9.17, 15) is 35.5 Å². The van der Waals surface area contributed by atoms with Crippen LogP contribution in [-0.4, -0.2) is 69.5 Å². The fraction of sp³-hybridized carbons (Fsp3) is 0.522. The first-order valence-corrected chi connectivity index (χ1v) is 13.8. The van der Waals surface area contributed by atoms with Gasteiger partial charge in [-0.15, -0.1) is 0 Å². The van der Waals surface area contributed by atoms with E-state index in [1.165, 1.54) is 28.5 Å². The average molecular weight is 561 g/mol. The zero-order valence-corrected chi connectivity index (χ0v) is 21.3. The molecule has 1 unspecified atom stereocenters. The molecule has 15 heteroatoms. The molecular weight excluding hydrogens is 535 g/mol. The molecule has 0 radical (unpaired) electrons. The maximum absolute atomic E-state index is 14.8. The van der Waals surface area contributed by atoms with Gasteiger partial charge in [0.25, 0.3) is 0 Å². The van der Waals surface area contributed by atoms with Crippen molar-refractivity contribution < 1.29 is 35.5 Å². The van der Waals surface area contributed by atoms with E-state index in [2.05, 4.69) is 15.1 Å². The number of aryl methyl sites for hydroxylation is 1. The van der Waals surface area contributed by atoms with Crippen molar-refractivity contribution in [3.63, 3.8) is 0 Å². The Morgan fingerprint density at radius 2 is 1.87 bits per heavy atom. The summed E-state index contributed by atoms with van der Waals surface area (Å²) in [7, 11) is -1.93. The van der Waals surface area contributed by atoms with Gasteiger partial charge in [0.1, 0.15) is 5.69 Å². The number of alkyl halides is 3. The van der Waals surface area contributed by atoms with Crippen LogP contribution >= 0.6 is 0 Å². The number of hydrogen-bond donors (Lipinski definition) is 1. The van der Waals surface area contributed by atoms with Crippen molar-refractivity contribution in [2.45, 2.75) is 37.9 Å². The molecule has 0 bridgehead atoms. The first-order chi connectivity index (χ1) is 17.8. The topological polar surface area (TPSA) is 104 Å². The lowest BCUT2D eigenvalue weighted by Crippen LogP contribution is -2.55. The number of nitrogens with zero attached hydrogens (tertiary/aromatic N) is 6. The van der Waals surface area contributed by atoms with E-state index in [4.69, 9.17) is 0 Å². The Morgan fingerprint density at radius 1 is 1.16 bits per heavy atom. The zero-order chi connectivity index (χ0) is 27.6. The Balaban J connectivity index is 1.55. The van der Waals surface area contributed by atoms with E-state index in [1.54, 1.807) is 0 Å². The summed E-state index contributed by atoms with van der Waals surface area (Å²) in [5.41, 5.74) is -2.69. The monoisotopic (exact) mass is 560 g/mol. The summed E-state index contributed by atoms with van der Waals surface area (Å²) in [6.07, 6.45) is 1.27. The first-order valence-electron chi connectivity index (χ1n) is 12.0. The van der Waals surface area contributed by atoms with Crippen LogP contribution in [-0.2, 0) is 23.2 Å². The molecule has 0 spiro atoms. The molecule has 2 aromatic heterocycles. The fourth-order valence-corrected chi connectivity index (χ4v) is 5.93. The number of phenols is 1. The number of anilines is 1. The van der Waals surface area contributed by atoms with Crippen molar-refractivity contribution in [3.05, 3.63) is 29.5 Å². The molecule has 1 aliphatic carbocycles. The summed E-state index contributed by atoms with van der Waals surface area (Å²) >= 11 is 0. The van der Waals surface area contributed by atoms with Crippen molar-refractivity contribution in [1.82, 2.24) is 24.1 Å². The lowest BCUT2D eigenvalue weighted by molar-refractivity contribution is -0.140. The fourth-order valence-electron chi connectivity index (χ4n) is 5.07. The van der Waals surface area contributed by atoms with Crippen LogP contribution in [0.4, 0.5) is 27.9 Å². The lowest BCUT2D eigenvalue weighted by atomic mass is 9.80. The summed E-state index contributed by atoms with van der Waals surface area (Å²) in [6.45, 7) is 0.835. The van der Waals surface area contributed by atoms with Crippen molar-refractivity contribution in [1.29, 1.82) is 0 Å². The molecule has 3 aromatic rings. The van der Waals surface area contributed by atoms with E-state index >= 15 is 0 Å². The van der Waals surface area contributed by atoms with E-state index in [0.29, 0.717) is 12.5 Å². The Labute approximate surface area is 214 Å². The van der Waals surface area contributed by atoms with Gasteiger partial charge in [-0.1, -0.05) is 19.3 Å². The molecule has 1 aliphatic heterocycles. The summed E-state index contributed by atoms with van der Waals surface area (Å²) in [5.74, 6) is -4.71. The Morgan fingerprint density at radius 3 is 2.47 bits per heavy atom. The third-order valence-corrected chi connectivity index (χ3v) is 8.58. The van der Waals surface area contributed by atoms with Crippen LogP contribution in [0, 0.1) is 17.6 Å². The molecular formula is C23H25F5N6O3S. The van der Waals surface area contributed by atoms with E-state index in [1.807, 2.05) is 4.90 Å². The molecule has 9 nitrogen and oxygen atoms in total. The predicted molar refractivity (Wildman–Crippen MR) is 128 cm³/mol. The molecule has 1 atom stereocenters. The number of benzene rings is 1. The predicted octanol–water partition coefficient (Wildman–Crippen LogP) is 3.67. The third-order valence-electron chi connectivity index (χ3n) is 7.31. The largest absolute Gasteiger partial charge is 0.503 e. The van der Waals surface area contributed by atoms with Gasteiger partial charge in [-0.25, -0.2) is 26.9 Å². The van der Waals surface area contributed by atoms with E-state index in [-0.39, 0.29) is 47.9 Å². The molecule has 5 rings (SSSR count). The van der Waals surface area contributed by atoms with Crippen LogP contribution < -0.4 is 4.90 Å². The molecule has 1 saturated heterocycles. The Bertz CT molecular complexity index is 1510. The Hall–Kier alpha value is -3.07. The molecule has 1 aromatic carbocycles. The zero-order valence-electron chi connectivity index (χ0n) is 20.5. The summed E-state index contributed by atoms with van der Waals surface area (Å²) < 4.78 is 95.7. The number of piperazine rings is 1. The van der Waals surface area contributed by atoms with Gasteiger partial charge in [-0.05, 0) is 18.4 Å². The second-order valence-electron chi connectivity index (χ2n) is 9.83. The highest BCUT2D eigenvalue weighted by molar-refractivity contribution is 7.88. The molecule has 1 saturated carbocycles. The minimum atomic E-state index is -5.18. The van der Waals surface area contributed by atoms with Gasteiger partial charge in [0.15, 0.2) is 23.0 Å². The van der Waals surface area contributed by atoms with Gasteiger partial charge >= 0.3 is 6.18 Å². The average Bonchev–Trinajstić information content (AvgIpc) is 3.14. The minimum absolute atomic E-state index is 0.0968. The van der Waals surface area contributed by atoms with E-state index < -0.39 is 44.7 Å². The maximum Gasteiger partial charge on any atom is 0.419 e. The van der Waals surface area contributed by atoms with Gasteiger partial charge in [-0.2, -0.15) is 27.6 Å². The number of halogens is 5. The third kappa shape index (κ3) is 4.65. The van der Waals surface area contributed by atoms with Gasteiger partial charge in [0, 0.05) is 44.5 Å². The molecule has 2 fully saturated rings. The van der Waals surface area contributed by atoms with Crippen LogP contribution in [0.25, 0.3) is 22.3 Å². The number of aromatic nitrogens is 4. The SMILES string of the molecule is Cn1nc(-c2cc(C(F)(F)F)c(F)c(O)c2F)c2cnc(N3CCN(S(C)(=O)=O)CC3CC3CCC3)nc21. The van der Waals surface area contributed by atoms with Gasteiger partial charge in [-0.3, -0.25) is 0 Å². The molecule has 0 amide bonds. The summed E-state index contributed by atoms with van der Waals surface area (Å²) in [6, 6.07) is 0.0776. The highest BCUT2D eigenvalue weighted by Gasteiger charge is 2.39. The highest BCUT2D eigenvalue weighted by atomic mass is 32.2. The molecule has 206 valence electrons. The van der Waals surface area contributed by atoms with Crippen LogP contribution in [0.5, 0.6) is 5.75 Å². The van der Waals surface area contributed by atoms with E-state index in [0.717, 1.165) is 25.7 Å². The maximum atomic E-state index is 14.8. The normalized spacial score (nSPS) is 19.8. The van der Waals surface area contributed by atoms with Gasteiger partial charge in [0.2, 0.25) is 16.0 Å².